The van der Waals surface area contributed by atoms with Gasteiger partial charge in [-0.3, -0.25) is 14.2 Å². The van der Waals surface area contributed by atoms with Gasteiger partial charge in [0.15, 0.2) is 0 Å². The fourth-order valence-corrected chi connectivity index (χ4v) is 3.11. The highest BCUT2D eigenvalue weighted by atomic mass is 127. The van der Waals surface area contributed by atoms with Gasteiger partial charge < -0.3 is 16.0 Å². The molecule has 1 aromatic carbocycles. The number of pyridine rings is 1. The molecule has 0 unspecified atom stereocenters. The summed E-state index contributed by atoms with van der Waals surface area (Å²) in [6, 6.07) is 5.95. The van der Waals surface area contributed by atoms with E-state index in [1.807, 2.05) is 22.6 Å². The van der Waals surface area contributed by atoms with Crippen LogP contribution in [0.15, 0.2) is 41.8 Å². The Labute approximate surface area is 163 Å². The second-order valence-corrected chi connectivity index (χ2v) is 7.34. The molecule has 0 spiro atoms. The largest absolute Gasteiger partial charge is 0.384 e. The van der Waals surface area contributed by atoms with Crippen molar-refractivity contribution < 1.29 is 9.18 Å². The molecule has 1 aromatic heterocycles. The molecule has 0 atom stereocenters. The monoisotopic (exact) mass is 468 g/mol. The van der Waals surface area contributed by atoms with Crippen LogP contribution in [0.5, 0.6) is 0 Å². The zero-order chi connectivity index (χ0) is 19.0. The van der Waals surface area contributed by atoms with Gasteiger partial charge in [0, 0.05) is 28.9 Å². The Hall–Kier alpha value is -2.36. The minimum absolute atomic E-state index is 0.0171. The first-order valence-corrected chi connectivity index (χ1v) is 9.08. The summed E-state index contributed by atoms with van der Waals surface area (Å²) in [5.74, 6) is -0.843. The predicted octanol–water partition coefficient (Wildman–Crippen LogP) is 3.20. The fraction of sp³-hybridized carbons (Fsp3) is 0.222. The fourth-order valence-electron chi connectivity index (χ4n) is 2.66. The number of aromatic nitrogens is 1. The molecular weight excluding hydrogens is 450 g/mol. The van der Waals surface area contributed by atoms with E-state index in [4.69, 9.17) is 5.73 Å². The van der Waals surface area contributed by atoms with Crippen molar-refractivity contribution in [1.82, 2.24) is 9.47 Å². The molecule has 26 heavy (non-hydrogen) atoms. The SMILES string of the molecule is C=CN(C(=O)c1c(Nc2ccc(I)cc2F)cc(=O)n(C)c1N)C1CC1. The Balaban J connectivity index is 2.10. The zero-order valence-corrected chi connectivity index (χ0v) is 16.3. The number of carbonyl (C=O) groups is 1. The number of anilines is 3. The number of halogens is 2. The molecule has 3 rings (SSSR count). The topological polar surface area (TPSA) is 80.4 Å². The quantitative estimate of drug-likeness (QED) is 0.661. The molecule has 1 saturated carbocycles. The van der Waals surface area contributed by atoms with Crippen LogP contribution in [-0.2, 0) is 7.05 Å². The van der Waals surface area contributed by atoms with Crippen molar-refractivity contribution >= 4 is 45.7 Å². The van der Waals surface area contributed by atoms with Crippen LogP contribution < -0.4 is 16.6 Å². The lowest BCUT2D eigenvalue weighted by Crippen LogP contribution is -2.32. The second-order valence-electron chi connectivity index (χ2n) is 6.09. The normalized spacial score (nSPS) is 13.3. The minimum atomic E-state index is -0.489. The van der Waals surface area contributed by atoms with Crippen molar-refractivity contribution in [1.29, 1.82) is 0 Å². The Morgan fingerprint density at radius 1 is 1.42 bits per heavy atom. The Morgan fingerprint density at radius 2 is 2.12 bits per heavy atom. The third-order valence-electron chi connectivity index (χ3n) is 4.27. The number of hydrogen-bond acceptors (Lipinski definition) is 4. The van der Waals surface area contributed by atoms with Gasteiger partial charge in [-0.15, -0.1) is 0 Å². The Bertz CT molecular complexity index is 953. The molecular formula is C18H18FIN4O2. The van der Waals surface area contributed by atoms with E-state index >= 15 is 0 Å². The van der Waals surface area contributed by atoms with E-state index in [2.05, 4.69) is 11.9 Å². The predicted molar refractivity (Wildman–Crippen MR) is 108 cm³/mol. The number of nitrogen functional groups attached to an aromatic ring is 1. The first-order valence-electron chi connectivity index (χ1n) is 8.00. The number of carbonyl (C=O) groups excluding carboxylic acids is 1. The summed E-state index contributed by atoms with van der Waals surface area (Å²) in [4.78, 5) is 26.7. The third kappa shape index (κ3) is 3.46. The number of nitrogens with zero attached hydrogens (tertiary/aromatic N) is 2. The molecule has 8 heteroatoms. The van der Waals surface area contributed by atoms with Gasteiger partial charge in [0.25, 0.3) is 11.5 Å². The smallest absolute Gasteiger partial charge is 0.263 e. The van der Waals surface area contributed by atoms with Gasteiger partial charge in [-0.05, 0) is 53.6 Å². The molecule has 6 nitrogen and oxygen atoms in total. The third-order valence-corrected chi connectivity index (χ3v) is 4.94. The lowest BCUT2D eigenvalue weighted by Gasteiger charge is -2.22. The summed E-state index contributed by atoms with van der Waals surface area (Å²) in [6.07, 6.45) is 3.23. The molecule has 1 amide bonds. The van der Waals surface area contributed by atoms with Crippen molar-refractivity contribution in [2.45, 2.75) is 18.9 Å². The summed E-state index contributed by atoms with van der Waals surface area (Å²) >= 11 is 2.00. The number of rotatable bonds is 5. The van der Waals surface area contributed by atoms with E-state index in [1.54, 1.807) is 12.1 Å². The molecule has 0 saturated heterocycles. The van der Waals surface area contributed by atoms with E-state index in [9.17, 15) is 14.0 Å². The van der Waals surface area contributed by atoms with E-state index < -0.39 is 11.4 Å². The van der Waals surface area contributed by atoms with E-state index in [0.717, 1.165) is 16.4 Å². The Morgan fingerprint density at radius 3 is 2.69 bits per heavy atom. The molecule has 0 aliphatic heterocycles. The molecule has 0 radical (unpaired) electrons. The summed E-state index contributed by atoms with van der Waals surface area (Å²) < 4.78 is 16.1. The van der Waals surface area contributed by atoms with Crippen molar-refractivity contribution in [2.75, 3.05) is 11.1 Å². The standard InChI is InChI=1S/C18H18FIN4O2/c1-3-24(11-5-6-11)18(26)16-14(9-15(25)23(2)17(16)21)22-13-7-4-10(20)8-12(13)19/h3-4,7-9,11,22H,1,5-6,21H2,2H3. The maximum absolute atomic E-state index is 14.2. The van der Waals surface area contributed by atoms with Gasteiger partial charge in [-0.25, -0.2) is 4.39 Å². The number of nitrogens with two attached hydrogens (primary N) is 1. The van der Waals surface area contributed by atoms with Crippen molar-refractivity contribution in [3.8, 4) is 0 Å². The van der Waals surface area contributed by atoms with Crippen LogP contribution >= 0.6 is 22.6 Å². The van der Waals surface area contributed by atoms with E-state index in [0.29, 0.717) is 0 Å². The maximum atomic E-state index is 14.2. The van der Waals surface area contributed by atoms with Gasteiger partial charge in [0.2, 0.25) is 0 Å². The van der Waals surface area contributed by atoms with Gasteiger partial charge in [0.05, 0.1) is 11.4 Å². The van der Waals surface area contributed by atoms with Crippen LogP contribution in [0, 0.1) is 9.39 Å². The molecule has 1 heterocycles. The minimum Gasteiger partial charge on any atom is -0.384 e. The first kappa shape index (κ1) is 18.4. The molecule has 1 aliphatic rings. The van der Waals surface area contributed by atoms with Gasteiger partial charge in [-0.2, -0.15) is 0 Å². The molecule has 1 aliphatic carbocycles. The average molecular weight is 468 g/mol. The van der Waals surface area contributed by atoms with Crippen LogP contribution in [0.25, 0.3) is 0 Å². The highest BCUT2D eigenvalue weighted by molar-refractivity contribution is 14.1. The van der Waals surface area contributed by atoms with Gasteiger partial charge in [-0.1, -0.05) is 6.58 Å². The highest BCUT2D eigenvalue weighted by Gasteiger charge is 2.34. The maximum Gasteiger partial charge on any atom is 0.263 e. The van der Waals surface area contributed by atoms with Crippen molar-refractivity contribution in [3.63, 3.8) is 0 Å². The van der Waals surface area contributed by atoms with Crippen LogP contribution in [-0.4, -0.2) is 21.4 Å². The molecule has 136 valence electrons. The summed E-state index contributed by atoms with van der Waals surface area (Å²) in [7, 11) is 1.49. The van der Waals surface area contributed by atoms with E-state index in [-0.39, 0.29) is 34.7 Å². The number of hydrogen-bond donors (Lipinski definition) is 2. The van der Waals surface area contributed by atoms with Crippen molar-refractivity contribution in [3.05, 3.63) is 62.3 Å². The summed E-state index contributed by atoms with van der Waals surface area (Å²) in [5, 5.41) is 2.84. The lowest BCUT2D eigenvalue weighted by molar-refractivity contribution is 0.0815. The lowest BCUT2D eigenvalue weighted by atomic mass is 10.1. The van der Waals surface area contributed by atoms with Gasteiger partial charge >= 0.3 is 0 Å². The second kappa shape index (κ2) is 7.10. The number of benzene rings is 1. The molecule has 1 fully saturated rings. The molecule has 2 aromatic rings. The Kier molecular flexibility index (Phi) is 5.03. The molecule has 0 bridgehead atoms. The van der Waals surface area contributed by atoms with Gasteiger partial charge in [0.1, 0.15) is 17.2 Å². The number of nitrogens with one attached hydrogen (secondary N) is 1. The van der Waals surface area contributed by atoms with E-state index in [1.165, 1.54) is 34.8 Å². The average Bonchev–Trinajstić information content (AvgIpc) is 3.41. The van der Waals surface area contributed by atoms with Crippen LogP contribution in [0.2, 0.25) is 0 Å². The zero-order valence-electron chi connectivity index (χ0n) is 14.1. The number of amides is 1. The molecule has 3 N–H and O–H groups in total. The first-order chi connectivity index (χ1) is 12.3. The van der Waals surface area contributed by atoms with Crippen LogP contribution in [0.4, 0.5) is 21.6 Å². The van der Waals surface area contributed by atoms with Crippen LogP contribution in [0.3, 0.4) is 0 Å². The summed E-state index contributed by atoms with van der Waals surface area (Å²) in [6.45, 7) is 3.69. The van der Waals surface area contributed by atoms with Crippen molar-refractivity contribution in [2.24, 2.45) is 7.05 Å². The summed E-state index contributed by atoms with van der Waals surface area (Å²) in [5.41, 5.74) is 6.11. The van der Waals surface area contributed by atoms with Crippen LogP contribution in [0.1, 0.15) is 23.2 Å². The highest BCUT2D eigenvalue weighted by Crippen LogP contribution is 2.32.